The predicted molar refractivity (Wildman–Crippen MR) is 105 cm³/mol. The number of hydrogen-bond donors (Lipinski definition) is 0. The van der Waals surface area contributed by atoms with E-state index in [-0.39, 0.29) is 0 Å². The van der Waals surface area contributed by atoms with Crippen molar-refractivity contribution >= 4 is 33.3 Å². The van der Waals surface area contributed by atoms with Crippen LogP contribution in [0.5, 0.6) is 0 Å². The third-order valence-corrected chi connectivity index (χ3v) is 6.11. The zero-order valence-electron chi connectivity index (χ0n) is 14.4. The molecule has 0 saturated carbocycles. The molecular formula is C18H18N6S2. The van der Waals surface area contributed by atoms with Gasteiger partial charge in [-0.1, -0.05) is 55.4 Å². The average molecular weight is 383 g/mol. The first kappa shape index (κ1) is 17.1. The Hall–Kier alpha value is -2.32. The van der Waals surface area contributed by atoms with E-state index in [0.717, 1.165) is 40.5 Å². The van der Waals surface area contributed by atoms with Crippen LogP contribution in [-0.2, 0) is 12.3 Å². The van der Waals surface area contributed by atoms with E-state index < -0.39 is 0 Å². The molecule has 6 nitrogen and oxygen atoms in total. The molecule has 0 atom stereocenters. The number of thioether (sulfide) groups is 1. The Morgan fingerprint density at radius 2 is 2.04 bits per heavy atom. The molecule has 0 radical (unpaired) electrons. The van der Waals surface area contributed by atoms with Gasteiger partial charge >= 0.3 is 0 Å². The van der Waals surface area contributed by atoms with Crippen molar-refractivity contribution < 1.29 is 0 Å². The van der Waals surface area contributed by atoms with Crippen LogP contribution >= 0.6 is 23.1 Å². The van der Waals surface area contributed by atoms with E-state index in [1.807, 2.05) is 10.7 Å². The van der Waals surface area contributed by atoms with Crippen molar-refractivity contribution in [1.82, 2.24) is 30.2 Å². The van der Waals surface area contributed by atoms with Crippen LogP contribution in [0.2, 0.25) is 0 Å². The van der Waals surface area contributed by atoms with E-state index >= 15 is 0 Å². The van der Waals surface area contributed by atoms with Gasteiger partial charge < -0.3 is 0 Å². The van der Waals surface area contributed by atoms with Gasteiger partial charge in [0.05, 0.1) is 5.75 Å². The Bertz CT molecular complexity index is 995. The summed E-state index contributed by atoms with van der Waals surface area (Å²) in [7, 11) is 0. The number of hydrogen-bond acceptors (Lipinski definition) is 7. The molecule has 3 aromatic heterocycles. The molecule has 0 saturated heterocycles. The minimum atomic E-state index is 0.694. The summed E-state index contributed by atoms with van der Waals surface area (Å²) in [6, 6.07) is 12.5. The second-order valence-corrected chi connectivity index (χ2v) is 7.83. The lowest BCUT2D eigenvalue weighted by Crippen LogP contribution is -2.05. The van der Waals surface area contributed by atoms with Crippen LogP contribution < -0.4 is 0 Å². The van der Waals surface area contributed by atoms with Gasteiger partial charge in [0.2, 0.25) is 0 Å². The predicted octanol–water partition coefficient (Wildman–Crippen LogP) is 4.44. The van der Waals surface area contributed by atoms with Gasteiger partial charge in [0.15, 0.2) is 5.82 Å². The molecule has 1 aromatic carbocycles. The lowest BCUT2D eigenvalue weighted by molar-refractivity contribution is 0.540. The molecule has 4 aromatic rings. The van der Waals surface area contributed by atoms with Gasteiger partial charge in [-0.3, -0.25) is 0 Å². The molecule has 0 aliphatic carbocycles. The second-order valence-electron chi connectivity index (χ2n) is 5.83. The summed E-state index contributed by atoms with van der Waals surface area (Å²) in [6.07, 6.45) is 3.83. The van der Waals surface area contributed by atoms with Crippen molar-refractivity contribution in [2.45, 2.75) is 37.1 Å². The Balaban J connectivity index is 1.57. The Morgan fingerprint density at radius 3 is 2.88 bits per heavy atom. The van der Waals surface area contributed by atoms with E-state index in [2.05, 4.69) is 62.7 Å². The highest BCUT2D eigenvalue weighted by Crippen LogP contribution is 2.36. The number of unbranched alkanes of at least 4 members (excludes halogenated alkanes) is 1. The largest absolute Gasteiger partial charge is 0.229 e. The molecule has 0 aliphatic rings. The fraction of sp³-hybridized carbons (Fsp3) is 0.278. The van der Waals surface area contributed by atoms with Crippen LogP contribution in [0.4, 0.5) is 0 Å². The molecule has 0 aliphatic heterocycles. The van der Waals surface area contributed by atoms with E-state index in [4.69, 9.17) is 0 Å². The third-order valence-electron chi connectivity index (χ3n) is 4.02. The van der Waals surface area contributed by atoms with Crippen LogP contribution in [0, 0.1) is 0 Å². The molecule has 0 bridgehead atoms. The van der Waals surface area contributed by atoms with Crippen LogP contribution in [0.25, 0.3) is 20.7 Å². The number of fused-ring (bicyclic) bond motifs is 1. The van der Waals surface area contributed by atoms with Crippen LogP contribution in [-0.4, -0.2) is 30.2 Å². The summed E-state index contributed by atoms with van der Waals surface area (Å²) in [4.78, 5) is 11.1. The molecule has 0 unspecified atom stereocenters. The first-order valence-corrected chi connectivity index (χ1v) is 10.3. The van der Waals surface area contributed by atoms with Crippen LogP contribution in [0.1, 0.15) is 25.6 Å². The maximum Gasteiger partial charge on any atom is 0.161 e. The van der Waals surface area contributed by atoms with Crippen LogP contribution in [0.3, 0.4) is 0 Å². The monoisotopic (exact) mass is 382 g/mol. The number of nitrogens with zero attached hydrogens (tertiary/aromatic N) is 6. The molecule has 4 rings (SSSR count). The quantitative estimate of drug-likeness (QED) is 0.348. The highest BCUT2D eigenvalue weighted by Gasteiger charge is 2.13. The highest BCUT2D eigenvalue weighted by atomic mass is 32.2. The smallest absolute Gasteiger partial charge is 0.161 e. The molecule has 3 heterocycles. The summed E-state index contributed by atoms with van der Waals surface area (Å²) in [5.41, 5.74) is 1.20. The first-order chi connectivity index (χ1) is 12.8. The van der Waals surface area contributed by atoms with Crippen molar-refractivity contribution in [3.05, 3.63) is 48.5 Å². The number of rotatable bonds is 7. The summed E-state index contributed by atoms with van der Waals surface area (Å²) in [6.45, 7) is 3.02. The van der Waals surface area contributed by atoms with Crippen molar-refractivity contribution in [2.75, 3.05) is 0 Å². The van der Waals surface area contributed by atoms with Gasteiger partial charge in [-0.25, -0.2) is 14.6 Å². The van der Waals surface area contributed by atoms with Crippen molar-refractivity contribution in [2.24, 2.45) is 0 Å². The first-order valence-electron chi connectivity index (χ1n) is 8.53. The second kappa shape index (κ2) is 7.92. The zero-order chi connectivity index (χ0) is 17.8. The SMILES string of the molecule is CCCCn1nnnc1CSc1ncnc2sc(-c3ccccc3)cc12. The van der Waals surface area contributed by atoms with Crippen molar-refractivity contribution in [1.29, 1.82) is 0 Å². The maximum absolute atomic E-state index is 4.49. The molecule has 0 N–H and O–H groups in total. The Labute approximate surface area is 159 Å². The lowest BCUT2D eigenvalue weighted by atomic mass is 10.2. The van der Waals surface area contributed by atoms with Gasteiger partial charge in [-0.15, -0.1) is 16.4 Å². The van der Waals surface area contributed by atoms with Gasteiger partial charge in [0.25, 0.3) is 0 Å². The fourth-order valence-corrected chi connectivity index (χ4v) is 4.61. The summed E-state index contributed by atoms with van der Waals surface area (Å²) in [5, 5.41) is 14.1. The summed E-state index contributed by atoms with van der Waals surface area (Å²) in [5.74, 6) is 1.58. The zero-order valence-corrected chi connectivity index (χ0v) is 16.0. The molecule has 0 fully saturated rings. The number of tetrazole rings is 1. The molecular weight excluding hydrogens is 364 g/mol. The minimum Gasteiger partial charge on any atom is -0.229 e. The Kier molecular flexibility index (Phi) is 5.21. The summed E-state index contributed by atoms with van der Waals surface area (Å²) >= 11 is 3.35. The van der Waals surface area contributed by atoms with E-state index in [0.29, 0.717) is 5.75 Å². The van der Waals surface area contributed by atoms with Gasteiger partial charge in [0, 0.05) is 16.8 Å². The van der Waals surface area contributed by atoms with Crippen molar-refractivity contribution in [3.63, 3.8) is 0 Å². The number of thiophene rings is 1. The topological polar surface area (TPSA) is 69.4 Å². The summed E-state index contributed by atoms with van der Waals surface area (Å²) < 4.78 is 1.89. The number of aromatic nitrogens is 6. The van der Waals surface area contributed by atoms with E-state index in [1.165, 1.54) is 10.4 Å². The number of benzene rings is 1. The molecule has 0 spiro atoms. The Morgan fingerprint density at radius 1 is 1.15 bits per heavy atom. The fourth-order valence-electron chi connectivity index (χ4n) is 2.63. The molecule has 8 heteroatoms. The standard InChI is InChI=1S/C18H18N6S2/c1-2-3-9-24-16(21-22-23-24)11-25-17-14-10-15(13-7-5-4-6-8-13)26-18(14)20-12-19-17/h4-8,10,12H,2-3,9,11H2,1H3. The lowest BCUT2D eigenvalue weighted by Gasteiger charge is -2.03. The minimum absolute atomic E-state index is 0.694. The maximum atomic E-state index is 4.49. The number of aryl methyl sites for hydroxylation is 1. The van der Waals surface area contributed by atoms with Crippen LogP contribution in [0.15, 0.2) is 47.8 Å². The van der Waals surface area contributed by atoms with Crippen molar-refractivity contribution in [3.8, 4) is 10.4 Å². The average Bonchev–Trinajstić information content (AvgIpc) is 3.32. The molecule has 0 amide bonds. The van der Waals surface area contributed by atoms with Gasteiger partial charge in [0.1, 0.15) is 16.2 Å². The highest BCUT2D eigenvalue weighted by molar-refractivity contribution is 7.98. The molecule has 132 valence electrons. The van der Waals surface area contributed by atoms with E-state index in [1.54, 1.807) is 29.4 Å². The normalized spacial score (nSPS) is 11.3. The van der Waals surface area contributed by atoms with Gasteiger partial charge in [-0.2, -0.15) is 0 Å². The third kappa shape index (κ3) is 3.61. The molecule has 26 heavy (non-hydrogen) atoms. The van der Waals surface area contributed by atoms with Gasteiger partial charge in [-0.05, 0) is 28.5 Å². The van der Waals surface area contributed by atoms with E-state index in [9.17, 15) is 0 Å².